The number of hydrogen-bond acceptors (Lipinski definition) is 3. The number of anilines is 1. The third-order valence-corrected chi connectivity index (χ3v) is 6.37. The Bertz CT molecular complexity index is 836. The van der Waals surface area contributed by atoms with Crippen molar-refractivity contribution in [1.82, 2.24) is 9.80 Å². The second-order valence-electron chi connectivity index (χ2n) is 8.60. The number of nitrogens with zero attached hydrogens (tertiary/aromatic N) is 2. The van der Waals surface area contributed by atoms with E-state index in [1.165, 1.54) is 27.8 Å². The molecule has 0 radical (unpaired) electrons. The topological polar surface area (TPSA) is 27.7 Å². The summed E-state index contributed by atoms with van der Waals surface area (Å²) >= 11 is 5.91. The molecule has 1 fully saturated rings. The predicted octanol–water partition coefficient (Wildman–Crippen LogP) is 5.10. The number of hydrogen-bond donors (Lipinski definition) is 1. The predicted molar refractivity (Wildman–Crippen MR) is 135 cm³/mol. The lowest BCUT2D eigenvalue weighted by atomic mass is 10.1. The molecule has 0 spiro atoms. The third-order valence-electron chi connectivity index (χ3n) is 6.01. The van der Waals surface area contributed by atoms with Crippen molar-refractivity contribution in [2.45, 2.75) is 47.1 Å². The first-order valence-corrected chi connectivity index (χ1v) is 11.9. The summed E-state index contributed by atoms with van der Waals surface area (Å²) in [7, 11) is 0. The molecule has 0 amide bonds. The molecule has 1 heterocycles. The third kappa shape index (κ3) is 7.03. The van der Waals surface area contributed by atoms with Gasteiger partial charge in [0.2, 0.25) is 0 Å². The highest BCUT2D eigenvalue weighted by Gasteiger charge is 2.15. The Balaban J connectivity index is 1.69. The van der Waals surface area contributed by atoms with Crippen LogP contribution in [0.2, 0.25) is 0 Å². The number of benzene rings is 2. The maximum absolute atomic E-state index is 5.91. The maximum atomic E-state index is 5.91. The molecule has 1 aliphatic rings. The molecule has 0 unspecified atom stereocenters. The van der Waals surface area contributed by atoms with Crippen LogP contribution in [0.3, 0.4) is 0 Å². The first-order chi connectivity index (χ1) is 15.0. The second kappa shape index (κ2) is 11.6. The van der Waals surface area contributed by atoms with E-state index in [4.69, 9.17) is 17.0 Å². The van der Waals surface area contributed by atoms with Gasteiger partial charge in [-0.3, -0.25) is 4.90 Å². The molecule has 0 aliphatic carbocycles. The minimum atomic E-state index is 0.802. The lowest BCUT2D eigenvalue weighted by molar-refractivity contribution is 0.0368. The number of nitrogens with one attached hydrogen (secondary N) is 1. The van der Waals surface area contributed by atoms with Crippen LogP contribution in [0.15, 0.2) is 36.4 Å². The first-order valence-electron chi connectivity index (χ1n) is 11.5. The molecule has 2 aromatic carbocycles. The summed E-state index contributed by atoms with van der Waals surface area (Å²) in [5.74, 6) is 0. The van der Waals surface area contributed by atoms with Gasteiger partial charge in [0.25, 0.3) is 0 Å². The van der Waals surface area contributed by atoms with Crippen molar-refractivity contribution in [3.63, 3.8) is 0 Å². The van der Waals surface area contributed by atoms with Crippen LogP contribution in [0, 0.1) is 20.8 Å². The summed E-state index contributed by atoms with van der Waals surface area (Å²) in [5, 5.41) is 4.36. The lowest BCUT2D eigenvalue weighted by Gasteiger charge is -2.30. The Kier molecular flexibility index (Phi) is 8.88. The minimum Gasteiger partial charge on any atom is -0.379 e. The number of ether oxygens (including phenoxy) is 1. The van der Waals surface area contributed by atoms with Gasteiger partial charge in [-0.05, 0) is 68.1 Å². The molecule has 3 rings (SSSR count). The van der Waals surface area contributed by atoms with Crippen LogP contribution < -0.4 is 5.32 Å². The van der Waals surface area contributed by atoms with Crippen molar-refractivity contribution in [3.05, 3.63) is 64.2 Å². The van der Waals surface area contributed by atoms with E-state index in [9.17, 15) is 0 Å². The van der Waals surface area contributed by atoms with Crippen molar-refractivity contribution in [2.75, 3.05) is 44.7 Å². The smallest absolute Gasteiger partial charge is 0.173 e. The second-order valence-corrected chi connectivity index (χ2v) is 8.99. The Morgan fingerprint density at radius 2 is 1.65 bits per heavy atom. The average molecular weight is 440 g/mol. The van der Waals surface area contributed by atoms with Crippen LogP contribution in [-0.4, -0.2) is 54.3 Å². The summed E-state index contributed by atoms with van der Waals surface area (Å²) < 4.78 is 5.48. The van der Waals surface area contributed by atoms with E-state index in [1.54, 1.807) is 0 Å². The van der Waals surface area contributed by atoms with Crippen molar-refractivity contribution in [3.8, 4) is 0 Å². The summed E-state index contributed by atoms with van der Waals surface area (Å²) in [6, 6.07) is 13.4. The van der Waals surface area contributed by atoms with Crippen LogP contribution in [0.5, 0.6) is 0 Å². The molecule has 168 valence electrons. The number of thiocarbonyl (C=S) groups is 1. The fourth-order valence-electron chi connectivity index (χ4n) is 4.23. The minimum absolute atomic E-state index is 0.802. The molecular weight excluding hydrogens is 402 g/mol. The Labute approximate surface area is 193 Å². The van der Waals surface area contributed by atoms with Crippen molar-refractivity contribution in [2.24, 2.45) is 0 Å². The molecule has 1 saturated heterocycles. The zero-order chi connectivity index (χ0) is 22.2. The van der Waals surface area contributed by atoms with Gasteiger partial charge in [-0.15, -0.1) is 0 Å². The molecule has 2 aromatic rings. The zero-order valence-corrected chi connectivity index (χ0v) is 20.4. The quantitative estimate of drug-likeness (QED) is 0.578. The number of aryl methyl sites for hydroxylation is 4. The normalized spacial score (nSPS) is 14.5. The molecule has 31 heavy (non-hydrogen) atoms. The molecule has 0 saturated carbocycles. The van der Waals surface area contributed by atoms with Gasteiger partial charge in [0.15, 0.2) is 5.11 Å². The van der Waals surface area contributed by atoms with Gasteiger partial charge < -0.3 is 15.0 Å². The van der Waals surface area contributed by atoms with E-state index in [-0.39, 0.29) is 0 Å². The molecule has 0 atom stereocenters. The Morgan fingerprint density at radius 1 is 1.03 bits per heavy atom. The molecule has 0 aromatic heterocycles. The van der Waals surface area contributed by atoms with Gasteiger partial charge in [-0.1, -0.05) is 48.9 Å². The maximum Gasteiger partial charge on any atom is 0.173 e. The Morgan fingerprint density at radius 3 is 2.26 bits per heavy atom. The van der Waals surface area contributed by atoms with Crippen LogP contribution in [0.25, 0.3) is 0 Å². The first kappa shape index (κ1) is 23.7. The fourth-order valence-corrected chi connectivity index (χ4v) is 4.48. The van der Waals surface area contributed by atoms with Gasteiger partial charge in [-0.25, -0.2) is 0 Å². The van der Waals surface area contributed by atoms with Crippen LogP contribution in [-0.2, 0) is 17.7 Å². The molecular formula is C26H37N3OS. The molecule has 1 aliphatic heterocycles. The van der Waals surface area contributed by atoms with E-state index in [1.807, 2.05) is 0 Å². The van der Waals surface area contributed by atoms with E-state index in [0.717, 1.165) is 69.6 Å². The van der Waals surface area contributed by atoms with Gasteiger partial charge in [0.05, 0.1) is 13.2 Å². The van der Waals surface area contributed by atoms with E-state index in [2.05, 4.69) is 79.2 Å². The molecule has 1 N–H and O–H groups in total. The van der Waals surface area contributed by atoms with Crippen LogP contribution >= 0.6 is 12.2 Å². The molecule has 0 bridgehead atoms. The highest BCUT2D eigenvalue weighted by Crippen LogP contribution is 2.23. The summed E-state index contributed by atoms with van der Waals surface area (Å²) in [5.41, 5.74) is 7.56. The molecule has 4 nitrogen and oxygen atoms in total. The number of morpholine rings is 1. The lowest BCUT2D eigenvalue weighted by Crippen LogP contribution is -2.40. The SMILES string of the molecule is CCc1ccc(CN(CCCN2CCOCC2)C(=S)Nc2c(C)cc(C)cc2C)cc1. The van der Waals surface area contributed by atoms with E-state index in [0.29, 0.717) is 0 Å². The monoisotopic (exact) mass is 439 g/mol. The van der Waals surface area contributed by atoms with Gasteiger partial charge in [0, 0.05) is 38.4 Å². The van der Waals surface area contributed by atoms with Crippen molar-refractivity contribution in [1.29, 1.82) is 0 Å². The fraction of sp³-hybridized carbons (Fsp3) is 0.500. The zero-order valence-electron chi connectivity index (χ0n) is 19.5. The standard InChI is InChI=1S/C26H37N3OS/c1-5-23-7-9-24(10-8-23)19-29(12-6-11-28-13-15-30-16-14-28)26(31)27-25-21(3)17-20(2)18-22(25)4/h7-10,17-18H,5-6,11-16,19H2,1-4H3,(H,27,31). The highest BCUT2D eigenvalue weighted by atomic mass is 32.1. The number of rotatable bonds is 8. The summed E-state index contributed by atoms with van der Waals surface area (Å²) in [6.07, 6.45) is 2.15. The van der Waals surface area contributed by atoms with E-state index >= 15 is 0 Å². The summed E-state index contributed by atoms with van der Waals surface area (Å²) in [4.78, 5) is 4.80. The Hall–Kier alpha value is -1.95. The largest absolute Gasteiger partial charge is 0.379 e. The van der Waals surface area contributed by atoms with Gasteiger partial charge in [0.1, 0.15) is 0 Å². The highest BCUT2D eigenvalue weighted by molar-refractivity contribution is 7.80. The summed E-state index contributed by atoms with van der Waals surface area (Å²) in [6.45, 7) is 15.2. The van der Waals surface area contributed by atoms with Crippen molar-refractivity contribution >= 4 is 23.0 Å². The van der Waals surface area contributed by atoms with Crippen LogP contribution in [0.1, 0.15) is 41.2 Å². The van der Waals surface area contributed by atoms with Crippen LogP contribution in [0.4, 0.5) is 5.69 Å². The average Bonchev–Trinajstić information content (AvgIpc) is 2.76. The molecule has 5 heteroatoms. The van der Waals surface area contributed by atoms with Gasteiger partial charge >= 0.3 is 0 Å². The van der Waals surface area contributed by atoms with E-state index < -0.39 is 0 Å². The van der Waals surface area contributed by atoms with Crippen molar-refractivity contribution < 1.29 is 4.74 Å². The van der Waals surface area contributed by atoms with Gasteiger partial charge in [-0.2, -0.15) is 0 Å².